The number of methoxy groups -OCH3 is 1. The van der Waals surface area contributed by atoms with Crippen LogP contribution >= 0.6 is 0 Å². The van der Waals surface area contributed by atoms with Crippen molar-refractivity contribution in [3.8, 4) is 5.75 Å². The molecular formula is C16H23N3O3. The first-order valence-electron chi connectivity index (χ1n) is 7.49. The highest BCUT2D eigenvalue weighted by atomic mass is 16.5. The first-order valence-corrected chi connectivity index (χ1v) is 7.49. The van der Waals surface area contributed by atoms with Gasteiger partial charge in [0.15, 0.2) is 0 Å². The number of ether oxygens (including phenoxy) is 1. The number of imide groups is 1. The molecule has 1 atom stereocenters. The molecule has 0 aliphatic carbocycles. The second kappa shape index (κ2) is 6.36. The molecule has 6 heteroatoms. The van der Waals surface area contributed by atoms with Crippen LogP contribution in [0.2, 0.25) is 0 Å². The lowest BCUT2D eigenvalue weighted by Crippen LogP contribution is -2.51. The number of nitrogens with two attached hydrogens (primary N) is 1. The van der Waals surface area contributed by atoms with Gasteiger partial charge in [-0.15, -0.1) is 0 Å². The van der Waals surface area contributed by atoms with Crippen molar-refractivity contribution in [2.24, 2.45) is 5.73 Å². The third-order valence-electron chi connectivity index (χ3n) is 4.36. The molecule has 3 amide bonds. The summed E-state index contributed by atoms with van der Waals surface area (Å²) in [5.41, 5.74) is 6.43. The Morgan fingerprint density at radius 2 is 1.82 bits per heavy atom. The summed E-state index contributed by atoms with van der Waals surface area (Å²) in [7, 11) is 1.58. The summed E-state index contributed by atoms with van der Waals surface area (Å²) < 4.78 is 5.10. The minimum absolute atomic E-state index is 0.233. The Morgan fingerprint density at radius 3 is 2.32 bits per heavy atom. The van der Waals surface area contributed by atoms with E-state index in [-0.39, 0.29) is 18.5 Å². The average molecular weight is 305 g/mol. The Hall–Kier alpha value is -2.08. The van der Waals surface area contributed by atoms with Crippen molar-refractivity contribution in [2.75, 3.05) is 13.7 Å². The normalized spacial score (nSPS) is 18.5. The van der Waals surface area contributed by atoms with E-state index in [0.29, 0.717) is 18.6 Å². The largest absolute Gasteiger partial charge is 0.497 e. The molecule has 1 aliphatic heterocycles. The molecule has 3 N–H and O–H groups in total. The van der Waals surface area contributed by atoms with E-state index in [1.807, 2.05) is 13.8 Å². The van der Waals surface area contributed by atoms with Crippen molar-refractivity contribution in [2.45, 2.75) is 38.3 Å². The third-order valence-corrected chi connectivity index (χ3v) is 4.36. The van der Waals surface area contributed by atoms with Gasteiger partial charge in [0.1, 0.15) is 11.8 Å². The van der Waals surface area contributed by atoms with Gasteiger partial charge in [-0.3, -0.25) is 9.69 Å². The van der Waals surface area contributed by atoms with E-state index in [9.17, 15) is 9.59 Å². The number of nitrogens with zero attached hydrogens (tertiary/aromatic N) is 1. The van der Waals surface area contributed by atoms with Crippen molar-refractivity contribution in [3.05, 3.63) is 29.8 Å². The summed E-state index contributed by atoms with van der Waals surface area (Å²) in [6.07, 6.45) is 1.40. The van der Waals surface area contributed by atoms with Gasteiger partial charge in [-0.1, -0.05) is 26.0 Å². The molecule has 0 bridgehead atoms. The van der Waals surface area contributed by atoms with Crippen molar-refractivity contribution in [1.82, 2.24) is 10.2 Å². The van der Waals surface area contributed by atoms with E-state index in [1.54, 1.807) is 31.4 Å². The number of benzene rings is 1. The van der Waals surface area contributed by atoms with Gasteiger partial charge in [0.25, 0.3) is 5.91 Å². The van der Waals surface area contributed by atoms with Crippen LogP contribution in [-0.2, 0) is 4.79 Å². The molecule has 0 saturated carbocycles. The molecule has 1 saturated heterocycles. The predicted molar refractivity (Wildman–Crippen MR) is 83.5 cm³/mol. The molecule has 1 aromatic rings. The first kappa shape index (κ1) is 16.3. The Kier molecular flexibility index (Phi) is 4.71. The van der Waals surface area contributed by atoms with E-state index in [0.717, 1.165) is 5.56 Å². The predicted octanol–water partition coefficient (Wildman–Crippen LogP) is 1.81. The molecule has 22 heavy (non-hydrogen) atoms. The molecule has 0 spiro atoms. The van der Waals surface area contributed by atoms with Gasteiger partial charge in [-0.05, 0) is 30.5 Å². The third kappa shape index (κ3) is 3.06. The number of amides is 3. The maximum atomic E-state index is 12.5. The fourth-order valence-electron chi connectivity index (χ4n) is 2.48. The highest BCUT2D eigenvalue weighted by Gasteiger charge is 2.41. The second-order valence-corrected chi connectivity index (χ2v) is 5.65. The number of carbonyl (C=O) groups excluding carboxylic acids is 2. The Balaban J connectivity index is 2.17. The van der Waals surface area contributed by atoms with Crippen LogP contribution in [0.15, 0.2) is 24.3 Å². The highest BCUT2D eigenvalue weighted by Crippen LogP contribution is 2.26. The molecule has 1 heterocycles. The molecule has 1 unspecified atom stereocenters. The van der Waals surface area contributed by atoms with Crippen molar-refractivity contribution in [1.29, 1.82) is 0 Å². The van der Waals surface area contributed by atoms with Crippen LogP contribution in [0.5, 0.6) is 5.75 Å². The minimum atomic E-state index is -0.656. The van der Waals surface area contributed by atoms with Gasteiger partial charge < -0.3 is 15.8 Å². The molecule has 0 radical (unpaired) electrons. The van der Waals surface area contributed by atoms with Crippen LogP contribution in [-0.4, -0.2) is 36.0 Å². The monoisotopic (exact) mass is 305 g/mol. The summed E-state index contributed by atoms with van der Waals surface area (Å²) in [4.78, 5) is 25.9. The summed E-state index contributed by atoms with van der Waals surface area (Å²) in [6, 6.07) is 6.05. The van der Waals surface area contributed by atoms with Gasteiger partial charge in [0, 0.05) is 12.1 Å². The van der Waals surface area contributed by atoms with Crippen molar-refractivity contribution >= 4 is 11.9 Å². The standard InChI is InChI=1S/C16H23N3O3/c1-4-16(17,5-2)10-19-14(20)13(18-15(19)21)11-6-8-12(22-3)9-7-11/h6-9,13H,4-5,10,17H2,1-3H3,(H,18,21). The van der Waals surface area contributed by atoms with Crippen LogP contribution < -0.4 is 15.8 Å². The number of nitrogens with one attached hydrogen (secondary N) is 1. The van der Waals surface area contributed by atoms with Gasteiger partial charge in [-0.2, -0.15) is 0 Å². The van der Waals surface area contributed by atoms with Crippen molar-refractivity contribution < 1.29 is 14.3 Å². The summed E-state index contributed by atoms with van der Waals surface area (Å²) in [5.74, 6) is 0.446. The lowest BCUT2D eigenvalue weighted by atomic mass is 9.93. The molecular weight excluding hydrogens is 282 g/mol. The van der Waals surface area contributed by atoms with Crippen LogP contribution in [0, 0.1) is 0 Å². The smallest absolute Gasteiger partial charge is 0.325 e. The number of hydrogen-bond donors (Lipinski definition) is 2. The number of hydrogen-bond acceptors (Lipinski definition) is 4. The zero-order valence-electron chi connectivity index (χ0n) is 13.3. The number of carbonyl (C=O) groups is 2. The molecule has 2 rings (SSSR count). The first-order chi connectivity index (χ1) is 10.4. The van der Waals surface area contributed by atoms with E-state index < -0.39 is 11.6 Å². The Bertz CT molecular complexity index is 552. The fourth-order valence-corrected chi connectivity index (χ4v) is 2.48. The second-order valence-electron chi connectivity index (χ2n) is 5.65. The van der Waals surface area contributed by atoms with E-state index in [1.165, 1.54) is 4.90 Å². The van der Waals surface area contributed by atoms with Crippen LogP contribution in [0.25, 0.3) is 0 Å². The van der Waals surface area contributed by atoms with Crippen LogP contribution in [0.4, 0.5) is 4.79 Å². The average Bonchev–Trinajstić information content (AvgIpc) is 2.82. The number of rotatable bonds is 6. The summed E-state index contributed by atoms with van der Waals surface area (Å²) in [5, 5.41) is 2.72. The zero-order chi connectivity index (χ0) is 16.3. The molecule has 0 aromatic heterocycles. The Morgan fingerprint density at radius 1 is 1.23 bits per heavy atom. The molecule has 6 nitrogen and oxygen atoms in total. The zero-order valence-corrected chi connectivity index (χ0v) is 13.3. The highest BCUT2D eigenvalue weighted by molar-refractivity contribution is 6.04. The SMILES string of the molecule is CCC(N)(CC)CN1C(=O)NC(c2ccc(OC)cc2)C1=O. The van der Waals surface area contributed by atoms with Gasteiger partial charge in [0.05, 0.1) is 7.11 Å². The maximum absolute atomic E-state index is 12.5. The Labute approximate surface area is 130 Å². The van der Waals surface area contributed by atoms with Gasteiger partial charge in [0.2, 0.25) is 0 Å². The topological polar surface area (TPSA) is 84.7 Å². The van der Waals surface area contributed by atoms with Crippen LogP contribution in [0.1, 0.15) is 38.3 Å². The minimum Gasteiger partial charge on any atom is -0.497 e. The lowest BCUT2D eigenvalue weighted by molar-refractivity contribution is -0.128. The van der Waals surface area contributed by atoms with E-state index >= 15 is 0 Å². The van der Waals surface area contributed by atoms with Crippen molar-refractivity contribution in [3.63, 3.8) is 0 Å². The molecule has 1 aromatic carbocycles. The quantitative estimate of drug-likeness (QED) is 0.785. The molecule has 1 aliphatic rings. The number of urea groups is 1. The summed E-state index contributed by atoms with van der Waals surface area (Å²) in [6.45, 7) is 4.16. The van der Waals surface area contributed by atoms with Crippen LogP contribution in [0.3, 0.4) is 0 Å². The summed E-state index contributed by atoms with van der Waals surface area (Å²) >= 11 is 0. The van der Waals surface area contributed by atoms with E-state index in [4.69, 9.17) is 10.5 Å². The van der Waals surface area contributed by atoms with Gasteiger partial charge >= 0.3 is 6.03 Å². The van der Waals surface area contributed by atoms with Gasteiger partial charge in [-0.25, -0.2) is 4.79 Å². The lowest BCUT2D eigenvalue weighted by Gasteiger charge is -2.30. The van der Waals surface area contributed by atoms with E-state index in [2.05, 4.69) is 5.32 Å². The molecule has 1 fully saturated rings. The fraction of sp³-hybridized carbons (Fsp3) is 0.500. The maximum Gasteiger partial charge on any atom is 0.325 e. The molecule has 120 valence electrons.